The number of hydrogen-bond donors (Lipinski definition) is 1. The molecule has 1 fully saturated rings. The first kappa shape index (κ1) is 15.8. The Hall–Kier alpha value is -2.03. The summed E-state index contributed by atoms with van der Waals surface area (Å²) in [5.41, 5.74) is 1.12. The van der Waals surface area contributed by atoms with E-state index in [4.69, 9.17) is 4.74 Å². The van der Waals surface area contributed by atoms with Crippen LogP contribution in [0.25, 0.3) is 0 Å². The number of hydrogen-bond acceptors (Lipinski definition) is 2. The van der Waals surface area contributed by atoms with Gasteiger partial charge in [-0.3, -0.25) is 0 Å². The molecule has 0 spiro atoms. The number of amides is 1. The average molecular weight is 372 g/mol. The van der Waals surface area contributed by atoms with E-state index in [1.165, 1.54) is 4.46 Å². The summed E-state index contributed by atoms with van der Waals surface area (Å²) in [6, 6.07) is 20.5. The molecule has 2 aromatic rings. The van der Waals surface area contributed by atoms with Crippen LogP contribution in [-0.4, -0.2) is 27.2 Å². The van der Waals surface area contributed by atoms with Gasteiger partial charge in [0.1, 0.15) is 0 Å². The third-order valence-electron chi connectivity index (χ3n) is 3.66. The Morgan fingerprint density at radius 2 is 1.78 bits per heavy atom. The molecule has 1 aliphatic rings. The standard InChI is InChI=1S/C19H19NO2Se/c21-19-20-18(15-8-3-1-4-9-15)14-16(22-19)10-7-13-23-17-11-5-2-6-12-17/h1-12,16,18H,13-14H2,(H,20,21)/b10-7+/t16-,18+/m1/s1. The third kappa shape index (κ3) is 4.72. The molecule has 0 radical (unpaired) electrons. The van der Waals surface area contributed by atoms with Gasteiger partial charge in [0.05, 0.1) is 0 Å². The first-order valence-corrected chi connectivity index (χ1v) is 9.74. The van der Waals surface area contributed by atoms with E-state index in [0.29, 0.717) is 15.0 Å². The molecule has 23 heavy (non-hydrogen) atoms. The quantitative estimate of drug-likeness (QED) is 0.647. The molecule has 2 atom stereocenters. The molecule has 1 aliphatic heterocycles. The van der Waals surface area contributed by atoms with Crippen LogP contribution in [0.2, 0.25) is 5.32 Å². The monoisotopic (exact) mass is 373 g/mol. The maximum atomic E-state index is 11.7. The third-order valence-corrected chi connectivity index (χ3v) is 5.68. The van der Waals surface area contributed by atoms with E-state index >= 15 is 0 Å². The van der Waals surface area contributed by atoms with Crippen LogP contribution in [0.5, 0.6) is 0 Å². The molecule has 2 aromatic carbocycles. The summed E-state index contributed by atoms with van der Waals surface area (Å²) in [4.78, 5) is 11.7. The molecular weight excluding hydrogens is 353 g/mol. The van der Waals surface area contributed by atoms with E-state index in [1.54, 1.807) is 0 Å². The predicted molar refractivity (Wildman–Crippen MR) is 93.0 cm³/mol. The number of nitrogens with one attached hydrogen (secondary N) is 1. The van der Waals surface area contributed by atoms with Crippen molar-refractivity contribution < 1.29 is 9.53 Å². The zero-order valence-corrected chi connectivity index (χ0v) is 14.4. The van der Waals surface area contributed by atoms with Gasteiger partial charge in [-0.25, -0.2) is 0 Å². The first-order chi connectivity index (χ1) is 11.3. The molecule has 0 aliphatic carbocycles. The molecule has 3 nitrogen and oxygen atoms in total. The number of carbonyl (C=O) groups excluding carboxylic acids is 1. The number of cyclic esters (lactones) is 1. The van der Waals surface area contributed by atoms with Crippen LogP contribution in [0.4, 0.5) is 4.79 Å². The van der Waals surface area contributed by atoms with E-state index in [2.05, 4.69) is 35.7 Å². The van der Waals surface area contributed by atoms with E-state index in [0.717, 1.165) is 17.3 Å². The molecule has 1 N–H and O–H groups in total. The second kappa shape index (κ2) is 8.00. The fraction of sp³-hybridized carbons (Fsp3) is 0.211. The van der Waals surface area contributed by atoms with Gasteiger partial charge in [0, 0.05) is 0 Å². The summed E-state index contributed by atoms with van der Waals surface area (Å²) < 4.78 is 6.74. The molecule has 1 amide bonds. The van der Waals surface area contributed by atoms with Crippen LogP contribution in [0, 0.1) is 0 Å². The summed E-state index contributed by atoms with van der Waals surface area (Å²) in [5, 5.41) is 3.90. The minimum absolute atomic E-state index is 0.0201. The van der Waals surface area contributed by atoms with Gasteiger partial charge in [-0.05, 0) is 0 Å². The SMILES string of the molecule is O=C1N[C@H](c2ccccc2)C[C@@H](/C=C/C[Se]c2ccccc2)O1. The van der Waals surface area contributed by atoms with Gasteiger partial charge in [-0.1, -0.05) is 0 Å². The van der Waals surface area contributed by atoms with Crippen LogP contribution < -0.4 is 9.78 Å². The summed E-state index contributed by atoms with van der Waals surface area (Å²) >= 11 is 0.424. The average Bonchev–Trinajstić information content (AvgIpc) is 2.60. The predicted octanol–water partition coefficient (Wildman–Crippen LogP) is 3.23. The molecule has 0 bridgehead atoms. The number of allylic oxidation sites excluding steroid dienone is 1. The topological polar surface area (TPSA) is 38.3 Å². The fourth-order valence-electron chi connectivity index (χ4n) is 2.54. The zero-order chi connectivity index (χ0) is 15.9. The van der Waals surface area contributed by atoms with Crippen molar-refractivity contribution in [2.75, 3.05) is 0 Å². The Bertz CT molecular complexity index is 658. The Morgan fingerprint density at radius 1 is 1.09 bits per heavy atom. The zero-order valence-electron chi connectivity index (χ0n) is 12.7. The van der Waals surface area contributed by atoms with Crippen LogP contribution >= 0.6 is 0 Å². The fourth-order valence-corrected chi connectivity index (χ4v) is 4.12. The minimum atomic E-state index is -0.340. The summed E-state index contributed by atoms with van der Waals surface area (Å²) in [6.45, 7) is 0. The van der Waals surface area contributed by atoms with Crippen molar-refractivity contribution in [1.82, 2.24) is 5.32 Å². The Kier molecular flexibility index (Phi) is 5.51. The molecule has 1 heterocycles. The summed E-state index contributed by atoms with van der Waals surface area (Å²) in [6.07, 6.45) is 4.44. The van der Waals surface area contributed by atoms with Crippen molar-refractivity contribution in [1.29, 1.82) is 0 Å². The summed E-state index contributed by atoms with van der Waals surface area (Å²) in [7, 11) is 0. The van der Waals surface area contributed by atoms with Gasteiger partial charge in [-0.2, -0.15) is 0 Å². The van der Waals surface area contributed by atoms with Crippen molar-refractivity contribution in [2.45, 2.75) is 23.9 Å². The Labute approximate surface area is 142 Å². The second-order valence-electron chi connectivity index (χ2n) is 5.34. The molecule has 118 valence electrons. The van der Waals surface area contributed by atoms with Crippen LogP contribution in [-0.2, 0) is 4.74 Å². The number of benzene rings is 2. The van der Waals surface area contributed by atoms with E-state index in [-0.39, 0.29) is 18.2 Å². The van der Waals surface area contributed by atoms with Gasteiger partial charge in [0.25, 0.3) is 0 Å². The van der Waals surface area contributed by atoms with Crippen LogP contribution in [0.1, 0.15) is 18.0 Å². The van der Waals surface area contributed by atoms with Gasteiger partial charge in [0.2, 0.25) is 0 Å². The second-order valence-corrected chi connectivity index (χ2v) is 7.63. The van der Waals surface area contributed by atoms with Gasteiger partial charge < -0.3 is 0 Å². The van der Waals surface area contributed by atoms with Crippen molar-refractivity contribution in [3.8, 4) is 0 Å². The van der Waals surface area contributed by atoms with Crippen LogP contribution in [0.3, 0.4) is 0 Å². The number of carbonyl (C=O) groups is 1. The number of ether oxygens (including phenoxy) is 1. The van der Waals surface area contributed by atoms with Gasteiger partial charge in [0.15, 0.2) is 0 Å². The van der Waals surface area contributed by atoms with Crippen molar-refractivity contribution in [2.24, 2.45) is 0 Å². The van der Waals surface area contributed by atoms with E-state index in [1.807, 2.05) is 42.5 Å². The van der Waals surface area contributed by atoms with Crippen molar-refractivity contribution in [3.05, 3.63) is 78.4 Å². The molecular formula is C19H19NO2Se. The number of alkyl carbamates (subject to hydrolysis) is 1. The van der Waals surface area contributed by atoms with Gasteiger partial charge >= 0.3 is 143 Å². The Balaban J connectivity index is 1.55. The molecule has 0 aromatic heterocycles. The normalized spacial score (nSPS) is 21.0. The Morgan fingerprint density at radius 3 is 2.52 bits per heavy atom. The van der Waals surface area contributed by atoms with Gasteiger partial charge in [-0.15, -0.1) is 0 Å². The molecule has 3 rings (SSSR count). The first-order valence-electron chi connectivity index (χ1n) is 7.68. The number of rotatable bonds is 5. The van der Waals surface area contributed by atoms with Crippen molar-refractivity contribution in [3.63, 3.8) is 0 Å². The molecule has 1 saturated heterocycles. The van der Waals surface area contributed by atoms with Crippen molar-refractivity contribution >= 4 is 25.5 Å². The summed E-state index contributed by atoms with van der Waals surface area (Å²) in [5.74, 6) is 0. The molecule has 0 unspecified atom stereocenters. The van der Waals surface area contributed by atoms with Crippen LogP contribution in [0.15, 0.2) is 72.8 Å². The maximum absolute atomic E-state index is 11.7. The molecule has 4 heteroatoms. The van der Waals surface area contributed by atoms with E-state index < -0.39 is 0 Å². The van der Waals surface area contributed by atoms with E-state index in [9.17, 15) is 4.79 Å². The molecule has 0 saturated carbocycles.